The van der Waals surface area contributed by atoms with Gasteiger partial charge >= 0.3 is 11.7 Å². The Balaban J connectivity index is 1.88. The molecule has 0 aliphatic heterocycles. The number of carbonyl (C=O) groups excluding carboxylic acids is 2. The smallest absolute Gasteiger partial charge is 0.310 e. The predicted molar refractivity (Wildman–Crippen MR) is 92.3 cm³/mol. The van der Waals surface area contributed by atoms with Crippen LogP contribution >= 0.6 is 0 Å². The van der Waals surface area contributed by atoms with Gasteiger partial charge in [-0.25, -0.2) is 0 Å². The fraction of sp³-hybridized carbons (Fsp3) is 0.222. The number of nitro benzene ring substituents is 1. The summed E-state index contributed by atoms with van der Waals surface area (Å²) in [6, 6.07) is 8.52. The number of nitrogens with zero attached hydrogens (tertiary/aromatic N) is 1. The highest BCUT2D eigenvalue weighted by Gasteiger charge is 2.16. The first-order valence-electron chi connectivity index (χ1n) is 7.72. The van der Waals surface area contributed by atoms with Crippen molar-refractivity contribution in [1.82, 2.24) is 0 Å². The summed E-state index contributed by atoms with van der Waals surface area (Å²) in [6.45, 7) is 3.34. The van der Waals surface area contributed by atoms with E-state index in [0.29, 0.717) is 0 Å². The van der Waals surface area contributed by atoms with Gasteiger partial charge in [0.15, 0.2) is 6.61 Å². The third-order valence-corrected chi connectivity index (χ3v) is 3.71. The van der Waals surface area contributed by atoms with E-state index in [1.807, 2.05) is 26.0 Å². The number of rotatable bonds is 6. The first kappa shape index (κ1) is 19.0. The SMILES string of the molecule is Cc1ccc(CC(=O)OCC(=O)Nc2ccc(F)c([N+](=O)[O-])c2)cc1C. The molecule has 1 N–H and O–H groups in total. The van der Waals surface area contributed by atoms with Gasteiger partial charge in [-0.2, -0.15) is 4.39 Å². The standard InChI is InChI=1S/C18H17FN2O5/c1-11-3-4-13(7-12(11)2)8-18(23)26-10-17(22)20-14-5-6-15(19)16(9-14)21(24)25/h3-7,9H,8,10H2,1-2H3,(H,20,22). The van der Waals surface area contributed by atoms with Crippen LogP contribution < -0.4 is 5.32 Å². The minimum Gasteiger partial charge on any atom is -0.455 e. The Morgan fingerprint density at radius 1 is 1.15 bits per heavy atom. The molecule has 0 fully saturated rings. The van der Waals surface area contributed by atoms with Crippen molar-refractivity contribution in [3.05, 3.63) is 69.0 Å². The number of nitrogens with one attached hydrogen (secondary N) is 1. The van der Waals surface area contributed by atoms with Crippen LogP contribution in [0.1, 0.15) is 16.7 Å². The van der Waals surface area contributed by atoms with E-state index in [4.69, 9.17) is 4.74 Å². The molecule has 0 bridgehead atoms. The summed E-state index contributed by atoms with van der Waals surface area (Å²) >= 11 is 0. The van der Waals surface area contributed by atoms with Crippen LogP contribution in [0.25, 0.3) is 0 Å². The lowest BCUT2D eigenvalue weighted by molar-refractivity contribution is -0.387. The molecule has 7 nitrogen and oxygen atoms in total. The van der Waals surface area contributed by atoms with Crippen molar-refractivity contribution < 1.29 is 23.6 Å². The molecule has 0 saturated carbocycles. The highest BCUT2D eigenvalue weighted by Crippen LogP contribution is 2.21. The average Bonchev–Trinajstić information content (AvgIpc) is 2.58. The number of ether oxygens (including phenoxy) is 1. The Kier molecular flexibility index (Phi) is 6.00. The van der Waals surface area contributed by atoms with Crippen LogP contribution in [-0.2, 0) is 20.7 Å². The molecule has 2 aromatic carbocycles. The van der Waals surface area contributed by atoms with Crippen LogP contribution in [0.2, 0.25) is 0 Å². The van der Waals surface area contributed by atoms with Crippen molar-refractivity contribution in [2.75, 3.05) is 11.9 Å². The molecule has 1 amide bonds. The zero-order chi connectivity index (χ0) is 19.3. The van der Waals surface area contributed by atoms with Crippen LogP contribution in [0.3, 0.4) is 0 Å². The Labute approximate surface area is 148 Å². The number of hydrogen-bond acceptors (Lipinski definition) is 5. The summed E-state index contributed by atoms with van der Waals surface area (Å²) in [5.41, 5.74) is 2.20. The zero-order valence-electron chi connectivity index (χ0n) is 14.2. The van der Waals surface area contributed by atoms with Gasteiger partial charge in [-0.05, 0) is 42.7 Å². The van der Waals surface area contributed by atoms with E-state index in [1.54, 1.807) is 6.07 Å². The third-order valence-electron chi connectivity index (χ3n) is 3.71. The van der Waals surface area contributed by atoms with E-state index in [9.17, 15) is 24.1 Å². The maximum absolute atomic E-state index is 13.2. The number of nitro groups is 1. The quantitative estimate of drug-likeness (QED) is 0.485. The van der Waals surface area contributed by atoms with Crippen molar-refractivity contribution in [3.63, 3.8) is 0 Å². The Morgan fingerprint density at radius 3 is 2.54 bits per heavy atom. The van der Waals surface area contributed by atoms with Gasteiger partial charge in [-0.15, -0.1) is 0 Å². The molecule has 0 aliphatic carbocycles. The number of esters is 1. The Hall–Kier alpha value is -3.29. The minimum atomic E-state index is -1.01. The van der Waals surface area contributed by atoms with Gasteiger partial charge in [0.25, 0.3) is 5.91 Å². The lowest BCUT2D eigenvalue weighted by atomic mass is 10.0. The summed E-state index contributed by atoms with van der Waals surface area (Å²) < 4.78 is 18.1. The fourth-order valence-corrected chi connectivity index (χ4v) is 2.20. The van der Waals surface area contributed by atoms with E-state index in [-0.39, 0.29) is 12.1 Å². The number of anilines is 1. The van der Waals surface area contributed by atoms with Gasteiger partial charge in [0.1, 0.15) is 0 Å². The first-order valence-corrected chi connectivity index (χ1v) is 7.72. The Bertz CT molecular complexity index is 867. The number of carbonyl (C=O) groups is 2. The molecule has 0 radical (unpaired) electrons. The van der Waals surface area contributed by atoms with Gasteiger partial charge in [0.2, 0.25) is 5.82 Å². The monoisotopic (exact) mass is 360 g/mol. The molecule has 136 valence electrons. The largest absolute Gasteiger partial charge is 0.455 e. The van der Waals surface area contributed by atoms with E-state index < -0.39 is 34.9 Å². The molecule has 0 spiro atoms. The van der Waals surface area contributed by atoms with Crippen molar-refractivity contribution in [2.24, 2.45) is 0 Å². The molecule has 0 unspecified atom stereocenters. The van der Waals surface area contributed by atoms with E-state index >= 15 is 0 Å². The molecule has 0 aliphatic rings. The number of aryl methyl sites for hydroxylation is 2. The molecule has 2 aromatic rings. The topological polar surface area (TPSA) is 98.5 Å². The van der Waals surface area contributed by atoms with E-state index in [1.165, 1.54) is 6.07 Å². The summed E-state index contributed by atoms with van der Waals surface area (Å²) in [5, 5.41) is 13.0. The summed E-state index contributed by atoms with van der Waals surface area (Å²) in [7, 11) is 0. The Morgan fingerprint density at radius 2 is 1.88 bits per heavy atom. The van der Waals surface area contributed by atoms with Gasteiger partial charge in [0, 0.05) is 11.8 Å². The van der Waals surface area contributed by atoms with E-state index in [0.717, 1.165) is 28.8 Å². The highest BCUT2D eigenvalue weighted by molar-refractivity contribution is 5.93. The van der Waals surface area contributed by atoms with Crippen molar-refractivity contribution in [2.45, 2.75) is 20.3 Å². The normalized spacial score (nSPS) is 10.3. The molecular weight excluding hydrogens is 343 g/mol. The lowest BCUT2D eigenvalue weighted by Gasteiger charge is -2.08. The lowest BCUT2D eigenvalue weighted by Crippen LogP contribution is -2.21. The zero-order valence-corrected chi connectivity index (χ0v) is 14.2. The summed E-state index contributed by atoms with van der Waals surface area (Å²) in [6.07, 6.45) is 0.0242. The number of hydrogen-bond donors (Lipinski definition) is 1. The van der Waals surface area contributed by atoms with Crippen LogP contribution in [0.15, 0.2) is 36.4 Å². The molecule has 2 rings (SSSR count). The second-order valence-electron chi connectivity index (χ2n) is 5.73. The second-order valence-corrected chi connectivity index (χ2v) is 5.73. The van der Waals surface area contributed by atoms with Crippen molar-refractivity contribution in [1.29, 1.82) is 0 Å². The molecule has 0 aromatic heterocycles. The third kappa shape index (κ3) is 5.10. The number of halogens is 1. The summed E-state index contributed by atoms with van der Waals surface area (Å²) in [4.78, 5) is 33.4. The summed E-state index contributed by atoms with van der Waals surface area (Å²) in [5.74, 6) is -2.26. The number of benzene rings is 2. The predicted octanol–water partition coefficient (Wildman–Crippen LogP) is 3.08. The highest BCUT2D eigenvalue weighted by atomic mass is 19.1. The maximum Gasteiger partial charge on any atom is 0.310 e. The molecular formula is C18H17FN2O5. The van der Waals surface area contributed by atoms with Gasteiger partial charge < -0.3 is 10.1 Å². The first-order chi connectivity index (χ1) is 12.3. The maximum atomic E-state index is 13.2. The fourth-order valence-electron chi connectivity index (χ4n) is 2.20. The molecule has 0 saturated heterocycles. The molecule has 26 heavy (non-hydrogen) atoms. The second kappa shape index (κ2) is 8.19. The van der Waals surface area contributed by atoms with Crippen LogP contribution in [-0.4, -0.2) is 23.4 Å². The van der Waals surface area contributed by atoms with Crippen LogP contribution in [0.5, 0.6) is 0 Å². The molecule has 8 heteroatoms. The van der Waals surface area contributed by atoms with Crippen molar-refractivity contribution >= 4 is 23.3 Å². The van der Waals surface area contributed by atoms with Gasteiger partial charge in [0.05, 0.1) is 11.3 Å². The van der Waals surface area contributed by atoms with Gasteiger partial charge in [-0.1, -0.05) is 18.2 Å². The molecule has 0 atom stereocenters. The van der Waals surface area contributed by atoms with Crippen LogP contribution in [0, 0.1) is 29.8 Å². The average molecular weight is 360 g/mol. The van der Waals surface area contributed by atoms with Crippen molar-refractivity contribution in [3.8, 4) is 0 Å². The molecule has 0 heterocycles. The number of amides is 1. The van der Waals surface area contributed by atoms with Gasteiger partial charge in [-0.3, -0.25) is 19.7 Å². The van der Waals surface area contributed by atoms with E-state index in [2.05, 4.69) is 5.32 Å². The van der Waals surface area contributed by atoms with Crippen LogP contribution in [0.4, 0.5) is 15.8 Å². The minimum absolute atomic E-state index is 0.0242.